The molecule has 1 heterocycles. The highest BCUT2D eigenvalue weighted by molar-refractivity contribution is 6.17. The smallest absolute Gasteiger partial charge is 0.0667 e. The molecule has 0 aliphatic carbocycles. The van der Waals surface area contributed by atoms with Gasteiger partial charge in [-0.2, -0.15) is 0 Å². The summed E-state index contributed by atoms with van der Waals surface area (Å²) in [5.41, 5.74) is 5.45. The molecule has 0 amide bonds. The van der Waals surface area contributed by atoms with Crippen LogP contribution >= 0.6 is 11.6 Å². The van der Waals surface area contributed by atoms with Gasteiger partial charge < -0.3 is 0 Å². The van der Waals surface area contributed by atoms with Gasteiger partial charge in [0.25, 0.3) is 0 Å². The molecule has 98 valence electrons. The lowest BCUT2D eigenvalue weighted by Gasteiger charge is -2.19. The van der Waals surface area contributed by atoms with Crippen molar-refractivity contribution >= 4 is 23.0 Å². The molecule has 0 unspecified atom stereocenters. The van der Waals surface area contributed by atoms with Crippen LogP contribution < -0.4 is 0 Å². The summed E-state index contributed by atoms with van der Waals surface area (Å²) < 4.78 is 0. The highest BCUT2D eigenvalue weighted by atomic mass is 35.5. The molecule has 0 bridgehead atoms. The zero-order valence-electron chi connectivity index (χ0n) is 11.6. The van der Waals surface area contributed by atoms with Crippen molar-refractivity contribution < 1.29 is 0 Å². The molecule has 1 aromatic carbocycles. The number of aliphatic imine (C=N–C) groups is 1. The Kier molecular flexibility index (Phi) is 4.11. The second-order valence-electron chi connectivity index (χ2n) is 6.09. The molecule has 0 radical (unpaired) electrons. The number of hydrogen-bond donors (Lipinski definition) is 0. The van der Waals surface area contributed by atoms with Crippen molar-refractivity contribution in [2.75, 3.05) is 5.88 Å². The quantitative estimate of drug-likeness (QED) is 0.534. The van der Waals surface area contributed by atoms with Crippen LogP contribution in [0.15, 0.2) is 23.2 Å². The molecule has 1 aliphatic heterocycles. The average Bonchev–Trinajstić information content (AvgIpc) is 2.69. The lowest BCUT2D eigenvalue weighted by Crippen LogP contribution is -2.10. The van der Waals surface area contributed by atoms with Crippen LogP contribution in [0.4, 0.5) is 5.69 Å². The maximum Gasteiger partial charge on any atom is 0.0667 e. The largest absolute Gasteiger partial charge is 0.257 e. The lowest BCUT2D eigenvalue weighted by atomic mass is 9.86. The van der Waals surface area contributed by atoms with Gasteiger partial charge in [-0.1, -0.05) is 32.9 Å². The Morgan fingerprint density at radius 1 is 1.22 bits per heavy atom. The molecule has 0 spiro atoms. The van der Waals surface area contributed by atoms with Crippen molar-refractivity contribution in [3.63, 3.8) is 0 Å². The van der Waals surface area contributed by atoms with Crippen LogP contribution in [0, 0.1) is 0 Å². The number of unbranched alkanes of at least 4 members (excludes halogenated alkanes) is 1. The summed E-state index contributed by atoms with van der Waals surface area (Å²) in [6, 6.07) is 6.74. The summed E-state index contributed by atoms with van der Waals surface area (Å²) in [5.74, 6) is 0.758. The molecule has 0 atom stereocenters. The van der Waals surface area contributed by atoms with Gasteiger partial charge in [0.15, 0.2) is 0 Å². The highest BCUT2D eigenvalue weighted by Gasteiger charge is 2.19. The third-order valence-electron chi connectivity index (χ3n) is 3.47. The predicted molar refractivity (Wildman–Crippen MR) is 80.5 cm³/mol. The van der Waals surface area contributed by atoms with Gasteiger partial charge in [0.05, 0.1) is 5.69 Å². The molecule has 2 heteroatoms. The van der Waals surface area contributed by atoms with Gasteiger partial charge in [-0.15, -0.1) is 11.6 Å². The first-order valence-corrected chi connectivity index (χ1v) is 7.30. The molecule has 1 nitrogen and oxygen atoms in total. The van der Waals surface area contributed by atoms with Gasteiger partial charge in [-0.05, 0) is 41.9 Å². The number of alkyl halides is 1. The molecule has 0 saturated heterocycles. The SMILES string of the molecule is CC(C)(C)c1ccc2c(c1)N=C(CCCCCl)C2. The zero-order valence-corrected chi connectivity index (χ0v) is 12.3. The van der Waals surface area contributed by atoms with Crippen LogP contribution in [0.5, 0.6) is 0 Å². The fraction of sp³-hybridized carbons (Fsp3) is 0.562. The summed E-state index contributed by atoms with van der Waals surface area (Å²) in [5, 5.41) is 0. The second-order valence-corrected chi connectivity index (χ2v) is 6.47. The minimum Gasteiger partial charge on any atom is -0.257 e. The van der Waals surface area contributed by atoms with Gasteiger partial charge in [0, 0.05) is 18.0 Å². The van der Waals surface area contributed by atoms with E-state index in [0.717, 1.165) is 31.6 Å². The van der Waals surface area contributed by atoms with Crippen molar-refractivity contribution in [1.82, 2.24) is 0 Å². The molecule has 0 N–H and O–H groups in total. The van der Waals surface area contributed by atoms with Crippen LogP contribution in [0.2, 0.25) is 0 Å². The molecule has 2 rings (SSSR count). The summed E-state index contributed by atoms with van der Waals surface area (Å²) in [7, 11) is 0. The first-order valence-electron chi connectivity index (χ1n) is 6.76. The number of benzene rings is 1. The highest BCUT2D eigenvalue weighted by Crippen LogP contribution is 2.33. The summed E-state index contributed by atoms with van der Waals surface area (Å²) in [4.78, 5) is 4.77. The van der Waals surface area contributed by atoms with Crippen molar-refractivity contribution in [1.29, 1.82) is 0 Å². The molecule has 0 fully saturated rings. The van der Waals surface area contributed by atoms with E-state index >= 15 is 0 Å². The third kappa shape index (κ3) is 3.14. The Bertz CT molecular complexity index is 455. The average molecular weight is 264 g/mol. The van der Waals surface area contributed by atoms with Crippen LogP contribution in [-0.4, -0.2) is 11.6 Å². The van der Waals surface area contributed by atoms with E-state index in [1.807, 2.05) is 0 Å². The summed E-state index contributed by atoms with van der Waals surface area (Å²) in [6.45, 7) is 6.73. The molecule has 0 saturated carbocycles. The minimum atomic E-state index is 0.200. The molecule has 1 aliphatic rings. The van der Waals surface area contributed by atoms with Gasteiger partial charge in [-0.3, -0.25) is 4.99 Å². The van der Waals surface area contributed by atoms with E-state index < -0.39 is 0 Å². The van der Waals surface area contributed by atoms with Crippen molar-refractivity contribution in [3.05, 3.63) is 29.3 Å². The van der Waals surface area contributed by atoms with E-state index in [-0.39, 0.29) is 5.41 Å². The minimum absolute atomic E-state index is 0.200. The fourth-order valence-electron chi connectivity index (χ4n) is 2.28. The molecule has 1 aromatic rings. The topological polar surface area (TPSA) is 12.4 Å². The Balaban J connectivity index is 2.11. The fourth-order valence-corrected chi connectivity index (χ4v) is 2.47. The summed E-state index contributed by atoms with van der Waals surface area (Å²) >= 11 is 5.71. The first kappa shape index (κ1) is 13.6. The number of hydrogen-bond acceptors (Lipinski definition) is 1. The maximum absolute atomic E-state index is 5.71. The van der Waals surface area contributed by atoms with E-state index in [1.54, 1.807) is 0 Å². The van der Waals surface area contributed by atoms with Gasteiger partial charge in [0.2, 0.25) is 0 Å². The van der Waals surface area contributed by atoms with E-state index in [2.05, 4.69) is 39.0 Å². The first-order chi connectivity index (χ1) is 8.50. The van der Waals surface area contributed by atoms with Crippen molar-refractivity contribution in [2.45, 2.75) is 51.9 Å². The summed E-state index contributed by atoms with van der Waals surface area (Å²) in [6.07, 6.45) is 4.36. The van der Waals surface area contributed by atoms with Crippen LogP contribution in [0.1, 0.15) is 51.2 Å². The standard InChI is InChI=1S/C16H22ClN/c1-16(2,3)13-8-7-12-10-14(6-4-5-9-17)18-15(12)11-13/h7-8,11H,4-6,9-10H2,1-3H3. The predicted octanol–water partition coefficient (Wildman–Crippen LogP) is 5.02. The van der Waals surface area contributed by atoms with Crippen LogP contribution in [-0.2, 0) is 11.8 Å². The molecular weight excluding hydrogens is 242 g/mol. The Morgan fingerprint density at radius 3 is 2.67 bits per heavy atom. The molecule has 18 heavy (non-hydrogen) atoms. The third-order valence-corrected chi connectivity index (χ3v) is 3.74. The Morgan fingerprint density at radius 2 is 2.00 bits per heavy atom. The van der Waals surface area contributed by atoms with Crippen LogP contribution in [0.3, 0.4) is 0 Å². The second kappa shape index (κ2) is 5.44. The molecular formula is C16H22ClN. The van der Waals surface area contributed by atoms with E-state index in [4.69, 9.17) is 16.6 Å². The zero-order chi connectivity index (χ0) is 13.2. The number of rotatable bonds is 4. The van der Waals surface area contributed by atoms with E-state index in [9.17, 15) is 0 Å². The monoisotopic (exact) mass is 263 g/mol. The van der Waals surface area contributed by atoms with Gasteiger partial charge in [0.1, 0.15) is 0 Å². The number of fused-ring (bicyclic) bond motifs is 1. The lowest BCUT2D eigenvalue weighted by molar-refractivity contribution is 0.590. The van der Waals surface area contributed by atoms with E-state index in [0.29, 0.717) is 0 Å². The van der Waals surface area contributed by atoms with Crippen LogP contribution in [0.25, 0.3) is 0 Å². The van der Waals surface area contributed by atoms with Gasteiger partial charge >= 0.3 is 0 Å². The van der Waals surface area contributed by atoms with E-state index in [1.165, 1.54) is 22.5 Å². The molecule has 0 aromatic heterocycles. The van der Waals surface area contributed by atoms with Crippen molar-refractivity contribution in [2.24, 2.45) is 4.99 Å². The van der Waals surface area contributed by atoms with Crippen molar-refractivity contribution in [3.8, 4) is 0 Å². The maximum atomic E-state index is 5.71. The Hall–Kier alpha value is -0.820. The Labute approximate surface area is 115 Å². The number of halogens is 1. The number of nitrogens with zero attached hydrogens (tertiary/aromatic N) is 1. The van der Waals surface area contributed by atoms with Gasteiger partial charge in [-0.25, -0.2) is 0 Å². The normalized spacial score (nSPS) is 14.6.